The molecular formula is C21H25N3O3S. The van der Waals surface area contributed by atoms with E-state index < -0.39 is 0 Å². The minimum absolute atomic E-state index is 0.0226. The highest BCUT2D eigenvalue weighted by atomic mass is 32.1. The molecule has 0 atom stereocenters. The van der Waals surface area contributed by atoms with Gasteiger partial charge < -0.3 is 9.30 Å². The summed E-state index contributed by atoms with van der Waals surface area (Å²) in [6.45, 7) is 5.49. The molecule has 0 N–H and O–H groups in total. The molecule has 3 aromatic heterocycles. The van der Waals surface area contributed by atoms with Gasteiger partial charge in [0.2, 0.25) is 0 Å². The van der Waals surface area contributed by atoms with E-state index in [0.29, 0.717) is 12.2 Å². The van der Waals surface area contributed by atoms with Gasteiger partial charge in [-0.3, -0.25) is 14.2 Å². The number of carbonyl (C=O) groups excluding carboxylic acids is 1. The van der Waals surface area contributed by atoms with Crippen molar-refractivity contribution >= 4 is 27.3 Å². The average molecular weight is 400 g/mol. The third-order valence-electron chi connectivity index (χ3n) is 5.61. The van der Waals surface area contributed by atoms with Crippen molar-refractivity contribution in [2.24, 2.45) is 0 Å². The lowest BCUT2D eigenvalue weighted by Crippen LogP contribution is -2.25. The number of carbonyl (C=O) groups is 1. The van der Waals surface area contributed by atoms with E-state index in [-0.39, 0.29) is 17.9 Å². The van der Waals surface area contributed by atoms with E-state index in [4.69, 9.17) is 4.74 Å². The largest absolute Gasteiger partial charge is 0.385 e. The van der Waals surface area contributed by atoms with Crippen molar-refractivity contribution in [3.8, 4) is 0 Å². The minimum atomic E-state index is -0.0911. The molecule has 1 aliphatic rings. The number of thiophene rings is 1. The first-order valence-corrected chi connectivity index (χ1v) is 10.5. The highest BCUT2D eigenvalue weighted by Crippen LogP contribution is 2.34. The fourth-order valence-electron chi connectivity index (χ4n) is 4.17. The molecule has 0 radical (unpaired) electrons. The summed E-state index contributed by atoms with van der Waals surface area (Å²) in [5, 5.41) is 0.720. The standard InChI is InChI=1S/C21H25N3O3S/c1-13-10-16(14(2)24(13)8-5-9-27-3)17(25)11-23-12-22-20-19(21(23)26)15-6-4-7-18(15)28-20/h10,12H,4-9,11H2,1-3H3. The lowest BCUT2D eigenvalue weighted by molar-refractivity contribution is 0.0970. The zero-order chi connectivity index (χ0) is 19.8. The number of ketones is 1. The molecule has 1 aliphatic carbocycles. The van der Waals surface area contributed by atoms with Crippen molar-refractivity contribution in [3.63, 3.8) is 0 Å². The van der Waals surface area contributed by atoms with Crippen LogP contribution in [-0.2, 0) is 30.7 Å². The number of hydrogen-bond acceptors (Lipinski definition) is 5. The summed E-state index contributed by atoms with van der Waals surface area (Å²) in [7, 11) is 1.69. The smallest absolute Gasteiger partial charge is 0.262 e. The van der Waals surface area contributed by atoms with Crippen LogP contribution in [0.4, 0.5) is 0 Å². The van der Waals surface area contributed by atoms with E-state index in [2.05, 4.69) is 9.55 Å². The molecule has 148 valence electrons. The molecule has 0 unspecified atom stereocenters. The number of nitrogens with zero attached hydrogens (tertiary/aromatic N) is 3. The predicted octanol–water partition coefficient (Wildman–Crippen LogP) is 3.28. The number of Topliss-reactive ketones (excluding diaryl/α,β-unsaturated/α-hetero) is 1. The summed E-state index contributed by atoms with van der Waals surface area (Å²) in [6, 6.07) is 1.92. The molecule has 0 amide bonds. The van der Waals surface area contributed by atoms with Gasteiger partial charge >= 0.3 is 0 Å². The van der Waals surface area contributed by atoms with E-state index in [1.165, 1.54) is 15.8 Å². The number of aromatic nitrogens is 3. The fourth-order valence-corrected chi connectivity index (χ4v) is 5.39. The van der Waals surface area contributed by atoms with Gasteiger partial charge in [0.1, 0.15) is 4.83 Å². The first-order valence-electron chi connectivity index (χ1n) is 9.69. The van der Waals surface area contributed by atoms with Gasteiger partial charge in [-0.15, -0.1) is 11.3 Å². The topological polar surface area (TPSA) is 66.1 Å². The molecule has 7 heteroatoms. The van der Waals surface area contributed by atoms with Crippen LogP contribution < -0.4 is 5.56 Å². The average Bonchev–Trinajstić information content (AvgIpc) is 3.32. The summed E-state index contributed by atoms with van der Waals surface area (Å²) < 4.78 is 8.73. The van der Waals surface area contributed by atoms with Crippen molar-refractivity contribution in [1.82, 2.24) is 14.1 Å². The van der Waals surface area contributed by atoms with E-state index in [1.807, 2.05) is 19.9 Å². The van der Waals surface area contributed by atoms with E-state index in [0.717, 1.165) is 59.4 Å². The maximum atomic E-state index is 13.0. The Morgan fingerprint density at radius 1 is 1.32 bits per heavy atom. The van der Waals surface area contributed by atoms with Crippen molar-refractivity contribution in [3.05, 3.63) is 50.1 Å². The van der Waals surface area contributed by atoms with Gasteiger partial charge in [0.25, 0.3) is 5.56 Å². The summed E-state index contributed by atoms with van der Waals surface area (Å²) in [5.74, 6) is -0.0544. The Bertz CT molecular complexity index is 1110. The first-order chi connectivity index (χ1) is 13.5. The minimum Gasteiger partial charge on any atom is -0.385 e. The van der Waals surface area contributed by atoms with Crippen LogP contribution in [0.2, 0.25) is 0 Å². The normalized spacial score (nSPS) is 13.4. The zero-order valence-electron chi connectivity index (χ0n) is 16.6. The Hall–Kier alpha value is -2.25. The van der Waals surface area contributed by atoms with Crippen LogP contribution in [0.5, 0.6) is 0 Å². The van der Waals surface area contributed by atoms with Crippen molar-refractivity contribution < 1.29 is 9.53 Å². The number of fused-ring (bicyclic) bond motifs is 3. The van der Waals surface area contributed by atoms with E-state index in [9.17, 15) is 9.59 Å². The molecule has 4 rings (SSSR count). The summed E-state index contributed by atoms with van der Waals surface area (Å²) >= 11 is 1.62. The van der Waals surface area contributed by atoms with E-state index >= 15 is 0 Å². The monoisotopic (exact) mass is 399 g/mol. The Labute approximate surface area is 167 Å². The van der Waals surface area contributed by atoms with Gasteiger partial charge in [-0.1, -0.05) is 0 Å². The third kappa shape index (κ3) is 3.22. The highest BCUT2D eigenvalue weighted by molar-refractivity contribution is 7.18. The Balaban J connectivity index is 1.62. The van der Waals surface area contributed by atoms with Crippen LogP contribution in [0.25, 0.3) is 10.2 Å². The van der Waals surface area contributed by atoms with Gasteiger partial charge in [-0.2, -0.15) is 0 Å². The SMILES string of the molecule is COCCCn1c(C)cc(C(=O)Cn2cnc3sc4c(c3c2=O)CCC4)c1C. The molecule has 0 saturated heterocycles. The number of methoxy groups -OCH3 is 1. The van der Waals surface area contributed by atoms with Crippen molar-refractivity contribution in [1.29, 1.82) is 0 Å². The van der Waals surface area contributed by atoms with Crippen molar-refractivity contribution in [2.75, 3.05) is 13.7 Å². The first kappa shape index (κ1) is 19.1. The lowest BCUT2D eigenvalue weighted by atomic mass is 10.1. The Kier molecular flexibility index (Phi) is 5.21. The van der Waals surface area contributed by atoms with Crippen LogP contribution in [0, 0.1) is 13.8 Å². The quantitative estimate of drug-likeness (QED) is 0.452. The predicted molar refractivity (Wildman–Crippen MR) is 111 cm³/mol. The number of ether oxygens (including phenoxy) is 1. The Morgan fingerprint density at radius 2 is 2.14 bits per heavy atom. The highest BCUT2D eigenvalue weighted by Gasteiger charge is 2.22. The van der Waals surface area contributed by atoms with Gasteiger partial charge in [0, 0.05) is 42.1 Å². The maximum absolute atomic E-state index is 13.0. The van der Waals surface area contributed by atoms with Gasteiger partial charge in [-0.25, -0.2) is 4.98 Å². The molecular weight excluding hydrogens is 374 g/mol. The Morgan fingerprint density at radius 3 is 2.93 bits per heavy atom. The molecule has 28 heavy (non-hydrogen) atoms. The van der Waals surface area contributed by atoms with Crippen LogP contribution in [0.15, 0.2) is 17.2 Å². The number of aryl methyl sites for hydroxylation is 3. The molecule has 6 nitrogen and oxygen atoms in total. The molecule has 0 saturated carbocycles. The molecule has 3 aromatic rings. The molecule has 0 fully saturated rings. The zero-order valence-corrected chi connectivity index (χ0v) is 17.4. The van der Waals surface area contributed by atoms with Crippen LogP contribution in [0.1, 0.15) is 45.0 Å². The molecule has 0 aromatic carbocycles. The summed E-state index contributed by atoms with van der Waals surface area (Å²) in [5.41, 5.74) is 3.73. The molecule has 3 heterocycles. The molecule has 0 aliphatic heterocycles. The maximum Gasteiger partial charge on any atom is 0.262 e. The lowest BCUT2D eigenvalue weighted by Gasteiger charge is -2.09. The molecule has 0 bridgehead atoms. The summed E-state index contributed by atoms with van der Waals surface area (Å²) in [4.78, 5) is 32.5. The van der Waals surface area contributed by atoms with Crippen LogP contribution >= 0.6 is 11.3 Å². The second-order valence-electron chi connectivity index (χ2n) is 7.42. The van der Waals surface area contributed by atoms with E-state index in [1.54, 1.807) is 18.4 Å². The van der Waals surface area contributed by atoms with Crippen LogP contribution in [-0.4, -0.2) is 33.6 Å². The molecule has 0 spiro atoms. The number of rotatable bonds is 7. The summed E-state index contributed by atoms with van der Waals surface area (Å²) in [6.07, 6.45) is 5.48. The number of hydrogen-bond donors (Lipinski definition) is 0. The van der Waals surface area contributed by atoms with Crippen LogP contribution in [0.3, 0.4) is 0 Å². The van der Waals surface area contributed by atoms with Gasteiger partial charge in [0.05, 0.1) is 18.3 Å². The van der Waals surface area contributed by atoms with Gasteiger partial charge in [0.15, 0.2) is 5.78 Å². The third-order valence-corrected chi connectivity index (χ3v) is 6.81. The van der Waals surface area contributed by atoms with Gasteiger partial charge in [-0.05, 0) is 51.2 Å². The second kappa shape index (κ2) is 7.64. The van der Waals surface area contributed by atoms with Crippen molar-refractivity contribution in [2.45, 2.75) is 52.6 Å². The second-order valence-corrected chi connectivity index (χ2v) is 8.50. The fraction of sp³-hybridized carbons (Fsp3) is 0.476.